The number of ether oxygens (including phenoxy) is 2. The van der Waals surface area contributed by atoms with Crippen molar-refractivity contribution >= 4 is 29.2 Å². The van der Waals surface area contributed by atoms with Gasteiger partial charge in [-0.3, -0.25) is 0 Å². The lowest BCUT2D eigenvalue weighted by Gasteiger charge is -2.14. The molecule has 0 amide bonds. The smallest absolute Gasteiger partial charge is 0.357 e. The summed E-state index contributed by atoms with van der Waals surface area (Å²) in [4.78, 5) is 27.1. The number of nitrogens with zero attached hydrogens (tertiary/aromatic N) is 3. The molecule has 0 atom stereocenters. The van der Waals surface area contributed by atoms with Gasteiger partial charge in [-0.2, -0.15) is 5.10 Å². The van der Waals surface area contributed by atoms with E-state index in [4.69, 9.17) is 21.1 Å². The normalized spacial score (nSPS) is 10.5. The van der Waals surface area contributed by atoms with Gasteiger partial charge in [0.05, 0.1) is 24.9 Å². The number of benzene rings is 2. The van der Waals surface area contributed by atoms with Gasteiger partial charge in [0.25, 0.3) is 0 Å². The molecular formula is C21H20ClN3O4. The van der Waals surface area contributed by atoms with E-state index in [9.17, 15) is 9.59 Å². The van der Waals surface area contributed by atoms with Gasteiger partial charge in [-0.1, -0.05) is 29.8 Å². The Balaban J connectivity index is 2.34. The quantitative estimate of drug-likeness (QED) is 0.592. The van der Waals surface area contributed by atoms with Crippen LogP contribution in [0.3, 0.4) is 0 Å². The Bertz CT molecular complexity index is 1060. The third-order valence-electron chi connectivity index (χ3n) is 4.38. The predicted molar refractivity (Wildman–Crippen MR) is 111 cm³/mol. The van der Waals surface area contributed by atoms with Crippen LogP contribution in [-0.4, -0.2) is 50.0 Å². The summed E-state index contributed by atoms with van der Waals surface area (Å²) in [6, 6.07) is 14.3. The molecule has 3 rings (SSSR count). The van der Waals surface area contributed by atoms with Crippen LogP contribution in [0.5, 0.6) is 0 Å². The molecule has 0 spiro atoms. The average molecular weight is 414 g/mol. The first kappa shape index (κ1) is 20.4. The zero-order valence-corrected chi connectivity index (χ0v) is 17.2. The lowest BCUT2D eigenvalue weighted by Crippen LogP contribution is -2.15. The third-order valence-corrected chi connectivity index (χ3v) is 4.69. The van der Waals surface area contributed by atoms with Crippen molar-refractivity contribution in [2.75, 3.05) is 33.2 Å². The molecule has 150 valence electrons. The number of carbonyl (C=O) groups excluding carboxylic acids is 2. The van der Waals surface area contributed by atoms with Crippen LogP contribution < -0.4 is 4.90 Å². The standard InChI is InChI=1S/C21H20ClN3O4/c1-24(2)14-10-11-15(16(22)12-14)18-17(20(26)28-3)19(21(27)29-4)25(23-18)13-8-6-5-7-9-13/h5-12H,1-4H3. The van der Waals surface area contributed by atoms with Gasteiger partial charge in [-0.15, -0.1) is 0 Å². The second kappa shape index (κ2) is 8.36. The molecule has 29 heavy (non-hydrogen) atoms. The van der Waals surface area contributed by atoms with Crippen LogP contribution in [0.1, 0.15) is 20.8 Å². The van der Waals surface area contributed by atoms with Crippen molar-refractivity contribution in [1.29, 1.82) is 0 Å². The molecule has 0 bridgehead atoms. The SMILES string of the molecule is COC(=O)c1c(-c2ccc(N(C)C)cc2Cl)nn(-c2ccccc2)c1C(=O)OC. The maximum absolute atomic E-state index is 12.6. The van der Waals surface area contributed by atoms with E-state index in [2.05, 4.69) is 5.10 Å². The van der Waals surface area contributed by atoms with Gasteiger partial charge < -0.3 is 14.4 Å². The van der Waals surface area contributed by atoms with Crippen LogP contribution in [0.4, 0.5) is 5.69 Å². The summed E-state index contributed by atoms with van der Waals surface area (Å²) >= 11 is 6.50. The minimum Gasteiger partial charge on any atom is -0.465 e. The summed E-state index contributed by atoms with van der Waals surface area (Å²) in [5.41, 5.74) is 2.16. The lowest BCUT2D eigenvalue weighted by molar-refractivity contribution is 0.0549. The van der Waals surface area contributed by atoms with Gasteiger partial charge in [0.15, 0.2) is 5.69 Å². The summed E-state index contributed by atoms with van der Waals surface area (Å²) in [6.07, 6.45) is 0. The first-order valence-electron chi connectivity index (χ1n) is 8.71. The highest BCUT2D eigenvalue weighted by Gasteiger charge is 2.32. The maximum Gasteiger partial charge on any atom is 0.357 e. The van der Waals surface area contributed by atoms with Crippen molar-refractivity contribution in [1.82, 2.24) is 9.78 Å². The summed E-state index contributed by atoms with van der Waals surface area (Å²) in [6.45, 7) is 0. The molecule has 2 aromatic carbocycles. The second-order valence-corrected chi connectivity index (χ2v) is 6.77. The van der Waals surface area contributed by atoms with Crippen LogP contribution in [0.2, 0.25) is 5.02 Å². The predicted octanol–water partition coefficient (Wildman–Crippen LogP) is 3.83. The largest absolute Gasteiger partial charge is 0.465 e. The Morgan fingerprint density at radius 1 is 1.00 bits per heavy atom. The van der Waals surface area contributed by atoms with Crippen LogP contribution in [0, 0.1) is 0 Å². The van der Waals surface area contributed by atoms with Crippen LogP contribution in [0.25, 0.3) is 16.9 Å². The molecule has 0 aliphatic rings. The number of carbonyl (C=O) groups is 2. The minimum absolute atomic E-state index is 0.0114. The first-order valence-corrected chi connectivity index (χ1v) is 9.09. The molecule has 3 aromatic rings. The number of anilines is 1. The molecule has 0 unspecified atom stereocenters. The van der Waals surface area contributed by atoms with Gasteiger partial charge in [-0.05, 0) is 30.3 Å². The molecule has 1 heterocycles. The number of hydrogen-bond acceptors (Lipinski definition) is 6. The molecular weight excluding hydrogens is 394 g/mol. The molecule has 1 aromatic heterocycles. The summed E-state index contributed by atoms with van der Waals surface area (Å²) in [7, 11) is 6.27. The number of halogens is 1. The van der Waals surface area contributed by atoms with E-state index >= 15 is 0 Å². The molecule has 8 heteroatoms. The highest BCUT2D eigenvalue weighted by atomic mass is 35.5. The average Bonchev–Trinajstić information content (AvgIpc) is 3.13. The van der Waals surface area contributed by atoms with Gasteiger partial charge in [-0.25, -0.2) is 14.3 Å². The van der Waals surface area contributed by atoms with E-state index in [1.165, 1.54) is 18.9 Å². The summed E-state index contributed by atoms with van der Waals surface area (Å²) < 4.78 is 11.2. The molecule has 0 saturated heterocycles. The Morgan fingerprint density at radius 2 is 1.66 bits per heavy atom. The molecule has 0 aliphatic carbocycles. The van der Waals surface area contributed by atoms with Crippen molar-refractivity contribution in [2.45, 2.75) is 0 Å². The zero-order chi connectivity index (χ0) is 21.1. The van der Waals surface area contributed by atoms with Crippen LogP contribution >= 0.6 is 11.6 Å². The Labute approximate surface area is 173 Å². The zero-order valence-electron chi connectivity index (χ0n) is 16.5. The van der Waals surface area contributed by atoms with E-state index < -0.39 is 11.9 Å². The van der Waals surface area contributed by atoms with E-state index in [-0.39, 0.29) is 17.0 Å². The topological polar surface area (TPSA) is 73.7 Å². The highest BCUT2D eigenvalue weighted by Crippen LogP contribution is 2.35. The summed E-state index contributed by atoms with van der Waals surface area (Å²) in [5.74, 6) is -1.43. The van der Waals surface area contributed by atoms with Crippen molar-refractivity contribution in [3.05, 3.63) is 64.8 Å². The Hall–Kier alpha value is -3.32. The lowest BCUT2D eigenvalue weighted by atomic mass is 10.0. The number of hydrogen-bond donors (Lipinski definition) is 0. The Morgan fingerprint density at radius 3 is 2.21 bits per heavy atom. The fourth-order valence-corrected chi connectivity index (χ4v) is 3.18. The van der Waals surface area contributed by atoms with Crippen molar-refractivity contribution < 1.29 is 19.1 Å². The van der Waals surface area contributed by atoms with E-state index in [1.54, 1.807) is 36.4 Å². The number of aromatic nitrogens is 2. The van der Waals surface area contributed by atoms with E-state index in [0.29, 0.717) is 16.3 Å². The molecule has 7 nitrogen and oxygen atoms in total. The van der Waals surface area contributed by atoms with E-state index in [0.717, 1.165) is 5.69 Å². The maximum atomic E-state index is 12.6. The van der Waals surface area contributed by atoms with Gasteiger partial charge >= 0.3 is 11.9 Å². The van der Waals surface area contributed by atoms with Crippen molar-refractivity contribution in [3.63, 3.8) is 0 Å². The monoisotopic (exact) mass is 413 g/mol. The van der Waals surface area contributed by atoms with Crippen molar-refractivity contribution in [3.8, 4) is 16.9 Å². The number of methoxy groups -OCH3 is 2. The second-order valence-electron chi connectivity index (χ2n) is 6.36. The van der Waals surface area contributed by atoms with Crippen LogP contribution in [-0.2, 0) is 9.47 Å². The van der Waals surface area contributed by atoms with Crippen LogP contribution in [0.15, 0.2) is 48.5 Å². The van der Waals surface area contributed by atoms with E-state index in [1.807, 2.05) is 31.1 Å². The fraction of sp³-hybridized carbons (Fsp3) is 0.190. The Kier molecular flexibility index (Phi) is 5.89. The minimum atomic E-state index is -0.714. The third kappa shape index (κ3) is 3.82. The molecule has 0 saturated carbocycles. The van der Waals surface area contributed by atoms with Crippen molar-refractivity contribution in [2.24, 2.45) is 0 Å². The molecule has 0 radical (unpaired) electrons. The van der Waals surface area contributed by atoms with Gasteiger partial charge in [0, 0.05) is 25.3 Å². The first-order chi connectivity index (χ1) is 13.9. The summed E-state index contributed by atoms with van der Waals surface area (Å²) in [5, 5.41) is 4.93. The molecule has 0 fully saturated rings. The number of esters is 2. The highest BCUT2D eigenvalue weighted by molar-refractivity contribution is 6.33. The van der Waals surface area contributed by atoms with Gasteiger partial charge in [0.1, 0.15) is 11.3 Å². The number of para-hydroxylation sites is 1. The molecule has 0 N–H and O–H groups in total. The van der Waals surface area contributed by atoms with Gasteiger partial charge in [0.2, 0.25) is 0 Å². The fourth-order valence-electron chi connectivity index (χ4n) is 2.92. The number of rotatable bonds is 5. The molecule has 0 aliphatic heterocycles.